The van der Waals surface area contributed by atoms with Crippen LogP contribution in [0.2, 0.25) is 0 Å². The summed E-state index contributed by atoms with van der Waals surface area (Å²) in [6, 6.07) is 8.32. The number of benzene rings is 2. The average molecular weight is 478 g/mol. The van der Waals surface area contributed by atoms with Crippen molar-refractivity contribution in [1.29, 1.82) is 0 Å². The van der Waals surface area contributed by atoms with Crippen LogP contribution in [0, 0.1) is 18.6 Å². The highest BCUT2D eigenvalue weighted by Crippen LogP contribution is 2.32. The Bertz CT molecular complexity index is 1140. The van der Waals surface area contributed by atoms with Crippen molar-refractivity contribution in [3.05, 3.63) is 63.6 Å². The standard InChI is InChI=1S/C22H19BrF3N3O/c1-12-20(22(30)28-19-7-5-14(24)10-17(19)26)16-9-13(23)4-6-18(16)27-21(12)29-8-2-3-15(25)11-29/h4-7,9-10,15H,2-3,8,11H2,1H3,(H,28,30). The van der Waals surface area contributed by atoms with Gasteiger partial charge in [-0.2, -0.15) is 0 Å². The van der Waals surface area contributed by atoms with Crippen molar-refractivity contribution >= 4 is 44.2 Å². The topological polar surface area (TPSA) is 45.2 Å². The van der Waals surface area contributed by atoms with Crippen LogP contribution in [0.1, 0.15) is 28.8 Å². The van der Waals surface area contributed by atoms with Gasteiger partial charge in [-0.15, -0.1) is 0 Å². The highest BCUT2D eigenvalue weighted by atomic mass is 79.9. The van der Waals surface area contributed by atoms with E-state index in [1.165, 1.54) is 6.07 Å². The van der Waals surface area contributed by atoms with Crippen molar-refractivity contribution in [2.24, 2.45) is 0 Å². The predicted octanol–water partition coefficient (Wildman–Crippen LogP) is 5.77. The zero-order chi connectivity index (χ0) is 21.4. The van der Waals surface area contributed by atoms with Crippen LogP contribution in [0.25, 0.3) is 10.9 Å². The summed E-state index contributed by atoms with van der Waals surface area (Å²) < 4.78 is 42.1. The Morgan fingerprint density at radius 3 is 2.77 bits per heavy atom. The number of hydrogen-bond acceptors (Lipinski definition) is 3. The molecule has 1 aliphatic rings. The third-order valence-corrected chi connectivity index (χ3v) is 5.73. The van der Waals surface area contributed by atoms with Gasteiger partial charge >= 0.3 is 0 Å². The van der Waals surface area contributed by atoms with E-state index in [9.17, 15) is 18.0 Å². The first-order valence-electron chi connectivity index (χ1n) is 9.59. The molecule has 1 aromatic heterocycles. The van der Waals surface area contributed by atoms with Gasteiger partial charge < -0.3 is 10.2 Å². The number of alkyl halides is 1. The number of amides is 1. The molecule has 4 nitrogen and oxygen atoms in total. The molecule has 0 aliphatic carbocycles. The van der Waals surface area contributed by atoms with E-state index in [1.54, 1.807) is 19.1 Å². The van der Waals surface area contributed by atoms with E-state index in [0.717, 1.165) is 10.5 Å². The van der Waals surface area contributed by atoms with E-state index in [0.29, 0.717) is 53.3 Å². The quantitative estimate of drug-likeness (QED) is 0.520. The molecule has 3 aromatic rings. The third kappa shape index (κ3) is 4.01. The maximum absolute atomic E-state index is 14.1. The molecule has 0 bridgehead atoms. The summed E-state index contributed by atoms with van der Waals surface area (Å²) in [7, 11) is 0. The van der Waals surface area contributed by atoms with E-state index in [2.05, 4.69) is 26.2 Å². The summed E-state index contributed by atoms with van der Waals surface area (Å²) in [6.07, 6.45) is 0.252. The van der Waals surface area contributed by atoms with E-state index in [-0.39, 0.29) is 12.2 Å². The minimum absolute atomic E-state index is 0.121. The molecule has 1 aliphatic heterocycles. The Kier molecular flexibility index (Phi) is 5.69. The van der Waals surface area contributed by atoms with Crippen molar-refractivity contribution in [2.45, 2.75) is 25.9 Å². The molecule has 4 rings (SSSR count). The van der Waals surface area contributed by atoms with Gasteiger partial charge in [-0.25, -0.2) is 18.2 Å². The predicted molar refractivity (Wildman–Crippen MR) is 115 cm³/mol. The molecule has 2 aromatic carbocycles. The van der Waals surface area contributed by atoms with E-state index >= 15 is 0 Å². The third-order valence-electron chi connectivity index (χ3n) is 5.23. The van der Waals surface area contributed by atoms with Gasteiger partial charge in [-0.3, -0.25) is 4.79 Å². The van der Waals surface area contributed by atoms with Crippen LogP contribution in [0.4, 0.5) is 24.7 Å². The van der Waals surface area contributed by atoms with Crippen LogP contribution in [-0.4, -0.2) is 30.2 Å². The highest BCUT2D eigenvalue weighted by Gasteiger charge is 2.26. The molecule has 156 valence electrons. The fraction of sp³-hybridized carbons (Fsp3) is 0.273. The Labute approximate surface area is 180 Å². The number of piperidine rings is 1. The molecule has 1 atom stereocenters. The van der Waals surface area contributed by atoms with Crippen LogP contribution in [0.15, 0.2) is 40.9 Å². The summed E-state index contributed by atoms with van der Waals surface area (Å²) in [5.74, 6) is -1.60. The molecule has 1 unspecified atom stereocenters. The summed E-state index contributed by atoms with van der Waals surface area (Å²) in [5, 5.41) is 3.11. The first-order chi connectivity index (χ1) is 14.3. The van der Waals surface area contributed by atoms with Crippen LogP contribution in [0.3, 0.4) is 0 Å². The number of nitrogens with one attached hydrogen (secondary N) is 1. The Morgan fingerprint density at radius 1 is 1.23 bits per heavy atom. The molecule has 1 fully saturated rings. The number of nitrogens with zero attached hydrogens (tertiary/aromatic N) is 2. The first-order valence-corrected chi connectivity index (χ1v) is 10.4. The van der Waals surface area contributed by atoms with Crippen LogP contribution in [0.5, 0.6) is 0 Å². The number of halogens is 4. The van der Waals surface area contributed by atoms with Gasteiger partial charge in [0.2, 0.25) is 0 Å². The van der Waals surface area contributed by atoms with Crippen LogP contribution < -0.4 is 10.2 Å². The van der Waals surface area contributed by atoms with Crippen LogP contribution in [-0.2, 0) is 0 Å². The average Bonchev–Trinajstić information content (AvgIpc) is 2.69. The number of rotatable bonds is 3. The monoisotopic (exact) mass is 477 g/mol. The first kappa shape index (κ1) is 20.7. The number of carbonyl (C=O) groups excluding carboxylic acids is 1. The second kappa shape index (κ2) is 8.26. The van der Waals surface area contributed by atoms with E-state index in [4.69, 9.17) is 0 Å². The minimum atomic E-state index is -0.953. The Morgan fingerprint density at radius 2 is 2.03 bits per heavy atom. The van der Waals surface area contributed by atoms with Gasteiger partial charge in [-0.05, 0) is 50.1 Å². The molecule has 1 N–H and O–H groups in total. The zero-order valence-corrected chi connectivity index (χ0v) is 17.8. The summed E-state index contributed by atoms with van der Waals surface area (Å²) >= 11 is 3.41. The SMILES string of the molecule is Cc1c(N2CCCC(F)C2)nc2ccc(Br)cc2c1C(=O)Nc1ccc(F)cc1F. The maximum atomic E-state index is 14.1. The van der Waals surface area contributed by atoms with Crippen molar-refractivity contribution in [1.82, 2.24) is 4.98 Å². The normalized spacial score (nSPS) is 16.7. The lowest BCUT2D eigenvalue weighted by Crippen LogP contribution is -2.37. The highest BCUT2D eigenvalue weighted by molar-refractivity contribution is 9.10. The second-order valence-corrected chi connectivity index (χ2v) is 8.28. The molecule has 8 heteroatoms. The molecule has 30 heavy (non-hydrogen) atoms. The number of fused-ring (bicyclic) bond motifs is 1. The van der Waals surface area contributed by atoms with Crippen molar-refractivity contribution in [3.8, 4) is 0 Å². The largest absolute Gasteiger partial charge is 0.353 e. The Hall–Kier alpha value is -2.61. The van der Waals surface area contributed by atoms with Gasteiger partial charge in [0.15, 0.2) is 0 Å². The molecule has 1 saturated heterocycles. The number of aromatic nitrogens is 1. The number of carbonyl (C=O) groups is 1. The van der Waals surface area contributed by atoms with Gasteiger partial charge in [0.05, 0.1) is 23.3 Å². The minimum Gasteiger partial charge on any atom is -0.353 e. The van der Waals surface area contributed by atoms with E-state index in [1.807, 2.05) is 11.0 Å². The number of hydrogen-bond donors (Lipinski definition) is 1. The Balaban J connectivity index is 1.82. The molecule has 2 heterocycles. The van der Waals surface area contributed by atoms with Crippen molar-refractivity contribution in [2.75, 3.05) is 23.3 Å². The lowest BCUT2D eigenvalue weighted by Gasteiger charge is -2.32. The lowest BCUT2D eigenvalue weighted by molar-refractivity contribution is 0.102. The van der Waals surface area contributed by atoms with Gasteiger partial charge in [-0.1, -0.05) is 15.9 Å². The maximum Gasteiger partial charge on any atom is 0.256 e. The second-order valence-electron chi connectivity index (χ2n) is 7.36. The number of pyridine rings is 1. The van der Waals surface area contributed by atoms with E-state index < -0.39 is 23.7 Å². The zero-order valence-electron chi connectivity index (χ0n) is 16.2. The summed E-state index contributed by atoms with van der Waals surface area (Å²) in [5.41, 5.74) is 1.35. The molecule has 1 amide bonds. The van der Waals surface area contributed by atoms with Gasteiger partial charge in [0.1, 0.15) is 23.6 Å². The summed E-state index contributed by atoms with van der Waals surface area (Å²) in [6.45, 7) is 2.61. The fourth-order valence-electron chi connectivity index (χ4n) is 3.81. The van der Waals surface area contributed by atoms with Crippen molar-refractivity contribution < 1.29 is 18.0 Å². The molecular weight excluding hydrogens is 459 g/mol. The molecular formula is C22H19BrF3N3O. The van der Waals surface area contributed by atoms with Crippen molar-refractivity contribution in [3.63, 3.8) is 0 Å². The smallest absolute Gasteiger partial charge is 0.256 e. The fourth-order valence-corrected chi connectivity index (χ4v) is 4.17. The van der Waals surface area contributed by atoms with Gasteiger partial charge in [0.25, 0.3) is 5.91 Å². The molecule has 0 spiro atoms. The molecule has 0 radical (unpaired) electrons. The summed E-state index contributed by atoms with van der Waals surface area (Å²) in [4.78, 5) is 19.7. The molecule has 0 saturated carbocycles. The van der Waals surface area contributed by atoms with Gasteiger partial charge in [0, 0.05) is 28.0 Å². The number of anilines is 2. The van der Waals surface area contributed by atoms with Crippen LogP contribution >= 0.6 is 15.9 Å². The lowest BCUT2D eigenvalue weighted by atomic mass is 10.0.